The molecule has 7 heteroatoms. The van der Waals surface area contributed by atoms with Crippen LogP contribution in [0.25, 0.3) is 4.96 Å². The van der Waals surface area contributed by atoms with Crippen LogP contribution in [-0.4, -0.2) is 30.9 Å². The number of carboxylic acids is 1. The highest BCUT2D eigenvalue weighted by Gasteiger charge is 2.29. The fourth-order valence-corrected chi connectivity index (χ4v) is 2.64. The SMILES string of the molecule is O=C(O)CCCc1nn2c(C3CC3)nnc2s1. The summed E-state index contributed by atoms with van der Waals surface area (Å²) in [5.74, 6) is 0.728. The van der Waals surface area contributed by atoms with Crippen LogP contribution in [-0.2, 0) is 11.2 Å². The van der Waals surface area contributed by atoms with Crippen LogP contribution >= 0.6 is 11.3 Å². The average molecular weight is 252 g/mol. The molecule has 0 aromatic carbocycles. The van der Waals surface area contributed by atoms with Gasteiger partial charge in [-0.25, -0.2) is 0 Å². The summed E-state index contributed by atoms with van der Waals surface area (Å²) in [4.78, 5) is 11.2. The molecule has 17 heavy (non-hydrogen) atoms. The molecule has 0 unspecified atom stereocenters. The molecule has 2 heterocycles. The van der Waals surface area contributed by atoms with Crippen molar-refractivity contribution in [2.75, 3.05) is 0 Å². The standard InChI is InChI=1S/C10H12N4O2S/c15-8(16)3-1-2-7-13-14-9(6-4-5-6)11-12-10(14)17-7/h6H,1-5H2,(H,15,16). The van der Waals surface area contributed by atoms with Crippen LogP contribution in [0.15, 0.2) is 0 Å². The second-order valence-corrected chi connectivity index (χ2v) is 5.31. The van der Waals surface area contributed by atoms with E-state index in [0.29, 0.717) is 18.8 Å². The number of aliphatic carboxylic acids is 1. The van der Waals surface area contributed by atoms with Gasteiger partial charge in [-0.15, -0.1) is 10.2 Å². The van der Waals surface area contributed by atoms with E-state index in [2.05, 4.69) is 15.3 Å². The van der Waals surface area contributed by atoms with Crippen molar-refractivity contribution < 1.29 is 9.90 Å². The second kappa shape index (κ2) is 4.06. The molecular formula is C10H12N4O2S. The predicted molar refractivity (Wildman–Crippen MR) is 61.2 cm³/mol. The van der Waals surface area contributed by atoms with Gasteiger partial charge in [0.15, 0.2) is 5.82 Å². The van der Waals surface area contributed by atoms with E-state index >= 15 is 0 Å². The first-order valence-corrected chi connectivity index (χ1v) is 6.48. The molecule has 2 aromatic heterocycles. The van der Waals surface area contributed by atoms with Crippen molar-refractivity contribution in [2.45, 2.75) is 38.0 Å². The van der Waals surface area contributed by atoms with Gasteiger partial charge in [-0.05, 0) is 19.3 Å². The van der Waals surface area contributed by atoms with Crippen molar-refractivity contribution in [3.8, 4) is 0 Å². The van der Waals surface area contributed by atoms with Gasteiger partial charge in [0.05, 0.1) is 0 Å². The molecule has 1 N–H and O–H groups in total. The van der Waals surface area contributed by atoms with Crippen molar-refractivity contribution in [3.63, 3.8) is 0 Å². The number of carboxylic acid groups (broad SMARTS) is 1. The molecule has 0 atom stereocenters. The molecule has 6 nitrogen and oxygen atoms in total. The molecule has 0 bridgehead atoms. The molecule has 0 amide bonds. The monoisotopic (exact) mass is 252 g/mol. The van der Waals surface area contributed by atoms with Gasteiger partial charge >= 0.3 is 5.97 Å². The maximum Gasteiger partial charge on any atom is 0.303 e. The molecule has 0 saturated heterocycles. The molecule has 1 saturated carbocycles. The van der Waals surface area contributed by atoms with Gasteiger partial charge in [0.2, 0.25) is 4.96 Å². The summed E-state index contributed by atoms with van der Waals surface area (Å²) in [7, 11) is 0. The molecule has 2 aromatic rings. The Balaban J connectivity index is 1.75. The highest BCUT2D eigenvalue weighted by molar-refractivity contribution is 7.16. The molecule has 1 aliphatic rings. The summed E-state index contributed by atoms with van der Waals surface area (Å²) in [5, 5.41) is 22.2. The normalized spacial score (nSPS) is 15.5. The van der Waals surface area contributed by atoms with Gasteiger partial charge < -0.3 is 5.11 Å². The van der Waals surface area contributed by atoms with E-state index in [9.17, 15) is 4.79 Å². The minimum absolute atomic E-state index is 0.190. The Morgan fingerprint density at radius 3 is 3.00 bits per heavy atom. The third kappa shape index (κ3) is 2.14. The number of carbonyl (C=O) groups is 1. The van der Waals surface area contributed by atoms with Gasteiger partial charge in [0.25, 0.3) is 0 Å². The zero-order valence-electron chi connectivity index (χ0n) is 9.17. The van der Waals surface area contributed by atoms with Crippen LogP contribution in [0.1, 0.15) is 42.4 Å². The van der Waals surface area contributed by atoms with Crippen LogP contribution in [0.3, 0.4) is 0 Å². The van der Waals surface area contributed by atoms with Crippen LogP contribution in [0.2, 0.25) is 0 Å². The number of hydrogen-bond donors (Lipinski definition) is 1. The lowest BCUT2D eigenvalue weighted by Gasteiger charge is -1.93. The minimum atomic E-state index is -0.758. The van der Waals surface area contributed by atoms with Gasteiger partial charge in [-0.2, -0.15) is 9.61 Å². The smallest absolute Gasteiger partial charge is 0.303 e. The molecule has 3 rings (SSSR count). The largest absolute Gasteiger partial charge is 0.481 e. The Labute approximate surface area is 101 Å². The zero-order valence-corrected chi connectivity index (χ0v) is 9.98. The number of hydrogen-bond acceptors (Lipinski definition) is 5. The summed E-state index contributed by atoms with van der Waals surface area (Å²) < 4.78 is 1.82. The van der Waals surface area contributed by atoms with Gasteiger partial charge in [0, 0.05) is 18.8 Å². The second-order valence-electron chi connectivity index (χ2n) is 4.27. The molecule has 0 radical (unpaired) electrons. The number of nitrogens with zero attached hydrogens (tertiary/aromatic N) is 4. The molecule has 1 fully saturated rings. The van der Waals surface area contributed by atoms with Gasteiger partial charge in [0.1, 0.15) is 5.01 Å². The Bertz CT molecular complexity index is 558. The molecule has 0 aliphatic heterocycles. The zero-order chi connectivity index (χ0) is 11.8. The maximum absolute atomic E-state index is 10.4. The summed E-state index contributed by atoms with van der Waals surface area (Å²) >= 11 is 1.50. The molecular weight excluding hydrogens is 240 g/mol. The first-order chi connectivity index (χ1) is 8.24. The van der Waals surface area contributed by atoms with Gasteiger partial charge in [-0.3, -0.25) is 4.79 Å². The summed E-state index contributed by atoms with van der Waals surface area (Å²) in [6.45, 7) is 0. The minimum Gasteiger partial charge on any atom is -0.481 e. The highest BCUT2D eigenvalue weighted by Crippen LogP contribution is 2.39. The topological polar surface area (TPSA) is 80.4 Å². The van der Waals surface area contributed by atoms with Crippen LogP contribution in [0.4, 0.5) is 0 Å². The lowest BCUT2D eigenvalue weighted by atomic mass is 10.2. The van der Waals surface area contributed by atoms with E-state index in [4.69, 9.17) is 5.11 Å². The van der Waals surface area contributed by atoms with Crippen molar-refractivity contribution in [3.05, 3.63) is 10.8 Å². The van der Waals surface area contributed by atoms with Crippen molar-refractivity contribution in [1.29, 1.82) is 0 Å². The van der Waals surface area contributed by atoms with E-state index in [-0.39, 0.29) is 6.42 Å². The predicted octanol–water partition coefficient (Wildman–Crippen LogP) is 1.47. The molecule has 90 valence electrons. The van der Waals surface area contributed by atoms with E-state index < -0.39 is 5.97 Å². The third-order valence-corrected chi connectivity index (χ3v) is 3.74. The average Bonchev–Trinajstić information content (AvgIpc) is 2.90. The van der Waals surface area contributed by atoms with Crippen molar-refractivity contribution in [2.24, 2.45) is 0 Å². The summed E-state index contributed by atoms with van der Waals surface area (Å²) in [5.41, 5.74) is 0. The number of fused-ring (bicyclic) bond motifs is 1. The fourth-order valence-electron chi connectivity index (χ4n) is 1.76. The Morgan fingerprint density at radius 2 is 2.29 bits per heavy atom. The fraction of sp³-hybridized carbons (Fsp3) is 0.600. The number of rotatable bonds is 5. The highest BCUT2D eigenvalue weighted by atomic mass is 32.1. The Kier molecular flexibility index (Phi) is 2.54. The first kappa shape index (κ1) is 10.6. The lowest BCUT2D eigenvalue weighted by molar-refractivity contribution is -0.137. The third-order valence-electron chi connectivity index (χ3n) is 2.78. The Morgan fingerprint density at radius 1 is 1.47 bits per heavy atom. The number of aryl methyl sites for hydroxylation is 1. The molecule has 0 spiro atoms. The summed E-state index contributed by atoms with van der Waals surface area (Å²) in [6.07, 6.45) is 3.86. The van der Waals surface area contributed by atoms with Gasteiger partial charge in [-0.1, -0.05) is 11.3 Å². The van der Waals surface area contributed by atoms with Crippen LogP contribution < -0.4 is 0 Å². The lowest BCUT2D eigenvalue weighted by Crippen LogP contribution is -1.97. The number of aromatic nitrogens is 4. The van der Waals surface area contributed by atoms with Crippen LogP contribution in [0.5, 0.6) is 0 Å². The maximum atomic E-state index is 10.4. The van der Waals surface area contributed by atoms with Crippen molar-refractivity contribution in [1.82, 2.24) is 19.8 Å². The molecule has 1 aliphatic carbocycles. The van der Waals surface area contributed by atoms with E-state index in [0.717, 1.165) is 15.8 Å². The van der Waals surface area contributed by atoms with Crippen LogP contribution in [0, 0.1) is 0 Å². The van der Waals surface area contributed by atoms with E-state index in [1.807, 2.05) is 4.52 Å². The quantitative estimate of drug-likeness (QED) is 0.871. The Hall–Kier alpha value is -1.50. The first-order valence-electron chi connectivity index (χ1n) is 5.67. The van der Waals surface area contributed by atoms with E-state index in [1.165, 1.54) is 24.2 Å². The van der Waals surface area contributed by atoms with Crippen molar-refractivity contribution >= 4 is 22.3 Å². The summed E-state index contributed by atoms with van der Waals surface area (Å²) in [6, 6.07) is 0. The van der Waals surface area contributed by atoms with E-state index in [1.54, 1.807) is 0 Å².